The Morgan fingerprint density at radius 3 is 2.53 bits per heavy atom. The van der Waals surface area contributed by atoms with Crippen molar-refractivity contribution in [1.29, 1.82) is 0 Å². The van der Waals surface area contributed by atoms with Crippen LogP contribution in [0.15, 0.2) is 24.3 Å². The highest BCUT2D eigenvalue weighted by Crippen LogP contribution is 2.14. The van der Waals surface area contributed by atoms with Gasteiger partial charge in [0.25, 0.3) is 5.91 Å². The third-order valence-electron chi connectivity index (χ3n) is 3.36. The van der Waals surface area contributed by atoms with Crippen LogP contribution in [-0.2, 0) is 0 Å². The first-order valence-electron chi connectivity index (χ1n) is 5.86. The zero-order chi connectivity index (χ0) is 12.4. The molecule has 2 rings (SSSR count). The van der Waals surface area contributed by atoms with Crippen molar-refractivity contribution in [3.8, 4) is 5.75 Å². The topological polar surface area (TPSA) is 43.8 Å². The number of aromatic hydroxyl groups is 1. The summed E-state index contributed by atoms with van der Waals surface area (Å²) in [6.45, 7) is 4.55. The lowest BCUT2D eigenvalue weighted by Crippen LogP contribution is -2.51. The van der Waals surface area contributed by atoms with E-state index < -0.39 is 0 Å². The fourth-order valence-electron chi connectivity index (χ4n) is 2.02. The summed E-state index contributed by atoms with van der Waals surface area (Å²) < 4.78 is 0. The lowest BCUT2D eigenvalue weighted by atomic mass is 10.1. The number of hydrogen-bond acceptors (Lipinski definition) is 3. The van der Waals surface area contributed by atoms with E-state index >= 15 is 0 Å². The van der Waals surface area contributed by atoms with E-state index in [2.05, 4.69) is 18.9 Å². The summed E-state index contributed by atoms with van der Waals surface area (Å²) in [6, 6.07) is 6.82. The number of benzene rings is 1. The standard InChI is InChI=1S/C13H18N2O2/c1-10-9-15(8-7-14(10)2)13(17)11-3-5-12(16)6-4-11/h3-6,10,16H,7-9H2,1-2H3. The third-order valence-corrected chi connectivity index (χ3v) is 3.36. The van der Waals surface area contributed by atoms with Crippen LogP contribution in [0.2, 0.25) is 0 Å². The first kappa shape index (κ1) is 11.9. The van der Waals surface area contributed by atoms with Crippen molar-refractivity contribution < 1.29 is 9.90 Å². The van der Waals surface area contributed by atoms with Gasteiger partial charge < -0.3 is 14.9 Å². The van der Waals surface area contributed by atoms with Crippen molar-refractivity contribution in [2.45, 2.75) is 13.0 Å². The number of likely N-dealkylation sites (N-methyl/N-ethyl adjacent to an activating group) is 1. The normalized spacial score (nSPS) is 21.5. The van der Waals surface area contributed by atoms with E-state index in [0.717, 1.165) is 19.6 Å². The van der Waals surface area contributed by atoms with Gasteiger partial charge in [-0.1, -0.05) is 0 Å². The van der Waals surface area contributed by atoms with E-state index in [-0.39, 0.29) is 11.7 Å². The van der Waals surface area contributed by atoms with Crippen LogP contribution in [0, 0.1) is 0 Å². The van der Waals surface area contributed by atoms with Crippen molar-refractivity contribution in [2.75, 3.05) is 26.7 Å². The summed E-state index contributed by atoms with van der Waals surface area (Å²) >= 11 is 0. The van der Waals surface area contributed by atoms with Crippen LogP contribution in [0.3, 0.4) is 0 Å². The number of rotatable bonds is 1. The number of phenolic OH excluding ortho intramolecular Hbond substituents is 1. The molecular formula is C13H18N2O2. The summed E-state index contributed by atoms with van der Waals surface area (Å²) in [4.78, 5) is 16.3. The molecule has 17 heavy (non-hydrogen) atoms. The molecule has 1 saturated heterocycles. The Labute approximate surface area is 101 Å². The van der Waals surface area contributed by atoms with Crippen LogP contribution < -0.4 is 0 Å². The van der Waals surface area contributed by atoms with Crippen molar-refractivity contribution in [2.24, 2.45) is 0 Å². The minimum atomic E-state index is 0.0463. The van der Waals surface area contributed by atoms with Gasteiger partial charge in [0.05, 0.1) is 0 Å². The van der Waals surface area contributed by atoms with Gasteiger partial charge in [-0.2, -0.15) is 0 Å². The number of carbonyl (C=O) groups is 1. The van der Waals surface area contributed by atoms with Gasteiger partial charge in [0.2, 0.25) is 0 Å². The van der Waals surface area contributed by atoms with Gasteiger partial charge in [0, 0.05) is 31.2 Å². The number of amides is 1. The van der Waals surface area contributed by atoms with Crippen molar-refractivity contribution in [3.63, 3.8) is 0 Å². The number of hydrogen-bond donors (Lipinski definition) is 1. The second-order valence-electron chi connectivity index (χ2n) is 4.63. The minimum Gasteiger partial charge on any atom is -0.508 e. The summed E-state index contributed by atoms with van der Waals surface area (Å²) in [5.41, 5.74) is 0.638. The smallest absolute Gasteiger partial charge is 0.253 e. The third kappa shape index (κ3) is 2.58. The zero-order valence-corrected chi connectivity index (χ0v) is 10.3. The monoisotopic (exact) mass is 234 g/mol. The second-order valence-corrected chi connectivity index (χ2v) is 4.63. The fourth-order valence-corrected chi connectivity index (χ4v) is 2.02. The maximum Gasteiger partial charge on any atom is 0.253 e. The molecule has 1 unspecified atom stereocenters. The van der Waals surface area contributed by atoms with E-state index in [1.807, 2.05) is 4.90 Å². The number of carbonyl (C=O) groups excluding carboxylic acids is 1. The maximum absolute atomic E-state index is 12.2. The Hall–Kier alpha value is -1.55. The molecule has 0 spiro atoms. The van der Waals surface area contributed by atoms with Gasteiger partial charge in [0.1, 0.15) is 5.75 Å². The Bertz CT molecular complexity index is 402. The first-order valence-corrected chi connectivity index (χ1v) is 5.86. The molecule has 4 nitrogen and oxygen atoms in total. The predicted octanol–water partition coefficient (Wildman–Crippen LogP) is 1.17. The molecule has 0 aliphatic carbocycles. The molecule has 1 N–H and O–H groups in total. The van der Waals surface area contributed by atoms with E-state index in [0.29, 0.717) is 11.6 Å². The molecule has 1 aromatic carbocycles. The average Bonchev–Trinajstić information content (AvgIpc) is 2.33. The van der Waals surface area contributed by atoms with E-state index in [1.54, 1.807) is 24.3 Å². The van der Waals surface area contributed by atoms with Crippen molar-refractivity contribution in [1.82, 2.24) is 9.80 Å². The quantitative estimate of drug-likeness (QED) is 0.793. The molecule has 1 aromatic rings. The van der Waals surface area contributed by atoms with Gasteiger partial charge in [-0.3, -0.25) is 4.79 Å². The predicted molar refractivity (Wildman–Crippen MR) is 66.1 cm³/mol. The van der Waals surface area contributed by atoms with Crippen LogP contribution in [0.4, 0.5) is 0 Å². The molecule has 0 bridgehead atoms. The average molecular weight is 234 g/mol. The van der Waals surface area contributed by atoms with E-state index in [4.69, 9.17) is 0 Å². The van der Waals surface area contributed by atoms with Gasteiger partial charge in [-0.25, -0.2) is 0 Å². The highest BCUT2D eigenvalue weighted by molar-refractivity contribution is 5.94. The Kier molecular flexibility index (Phi) is 3.33. The van der Waals surface area contributed by atoms with Gasteiger partial charge in [-0.05, 0) is 38.2 Å². The molecule has 1 aliphatic rings. The van der Waals surface area contributed by atoms with Crippen molar-refractivity contribution in [3.05, 3.63) is 29.8 Å². The Morgan fingerprint density at radius 2 is 1.94 bits per heavy atom. The summed E-state index contributed by atoms with van der Waals surface area (Å²) in [5.74, 6) is 0.234. The molecule has 0 aromatic heterocycles. The van der Waals surface area contributed by atoms with Gasteiger partial charge in [-0.15, -0.1) is 0 Å². The lowest BCUT2D eigenvalue weighted by Gasteiger charge is -2.37. The zero-order valence-electron chi connectivity index (χ0n) is 10.3. The Balaban J connectivity index is 2.08. The van der Waals surface area contributed by atoms with Gasteiger partial charge in [0.15, 0.2) is 0 Å². The molecule has 92 valence electrons. The first-order chi connectivity index (χ1) is 8.08. The van der Waals surface area contributed by atoms with Crippen molar-refractivity contribution >= 4 is 5.91 Å². The van der Waals surface area contributed by atoms with Crippen LogP contribution >= 0.6 is 0 Å². The molecule has 4 heteroatoms. The number of phenols is 1. The van der Waals surface area contributed by atoms with Crippen LogP contribution in [0.25, 0.3) is 0 Å². The summed E-state index contributed by atoms with van der Waals surface area (Å²) in [5, 5.41) is 9.19. The SMILES string of the molecule is CC1CN(C(=O)c2ccc(O)cc2)CCN1C. The highest BCUT2D eigenvalue weighted by atomic mass is 16.3. The highest BCUT2D eigenvalue weighted by Gasteiger charge is 2.24. The summed E-state index contributed by atoms with van der Waals surface area (Å²) in [6.07, 6.45) is 0. The van der Waals surface area contributed by atoms with E-state index in [9.17, 15) is 9.90 Å². The number of nitrogens with zero attached hydrogens (tertiary/aromatic N) is 2. The molecule has 1 aliphatic heterocycles. The molecule has 0 radical (unpaired) electrons. The number of piperazine rings is 1. The maximum atomic E-state index is 12.2. The fraction of sp³-hybridized carbons (Fsp3) is 0.462. The minimum absolute atomic E-state index is 0.0463. The Morgan fingerprint density at radius 1 is 1.29 bits per heavy atom. The molecule has 1 atom stereocenters. The van der Waals surface area contributed by atoms with Crippen LogP contribution in [-0.4, -0.2) is 53.5 Å². The molecule has 1 amide bonds. The molecule has 0 saturated carbocycles. The second kappa shape index (κ2) is 4.75. The summed E-state index contributed by atoms with van der Waals surface area (Å²) in [7, 11) is 2.08. The lowest BCUT2D eigenvalue weighted by molar-refractivity contribution is 0.0572. The van der Waals surface area contributed by atoms with E-state index in [1.165, 1.54) is 0 Å². The van der Waals surface area contributed by atoms with Crippen LogP contribution in [0.1, 0.15) is 17.3 Å². The molecular weight excluding hydrogens is 216 g/mol. The molecule has 1 fully saturated rings. The largest absolute Gasteiger partial charge is 0.508 e. The molecule has 1 heterocycles. The van der Waals surface area contributed by atoms with Crippen LogP contribution in [0.5, 0.6) is 5.75 Å². The van der Waals surface area contributed by atoms with Gasteiger partial charge >= 0.3 is 0 Å².